The van der Waals surface area contributed by atoms with E-state index in [9.17, 15) is 9.18 Å². The van der Waals surface area contributed by atoms with Gasteiger partial charge in [-0.2, -0.15) is 0 Å². The lowest BCUT2D eigenvalue weighted by Gasteiger charge is -2.11. The molecule has 0 aliphatic rings. The molecule has 0 saturated heterocycles. The summed E-state index contributed by atoms with van der Waals surface area (Å²) in [7, 11) is 0. The van der Waals surface area contributed by atoms with Gasteiger partial charge >= 0.3 is 0 Å². The molecule has 0 saturated carbocycles. The third-order valence-corrected chi connectivity index (χ3v) is 3.60. The van der Waals surface area contributed by atoms with Crippen LogP contribution in [0, 0.1) is 5.82 Å². The molecule has 0 fully saturated rings. The minimum Gasteiger partial charge on any atom is -0.324 e. The van der Waals surface area contributed by atoms with E-state index in [1.165, 1.54) is 6.07 Å². The first kappa shape index (κ1) is 15.7. The van der Waals surface area contributed by atoms with E-state index in [1.807, 2.05) is 30.3 Å². The van der Waals surface area contributed by atoms with Crippen LogP contribution in [0.1, 0.15) is 30.0 Å². The smallest absolute Gasteiger partial charge is 0.137 e. The number of ketones is 1. The molecule has 0 aliphatic carbocycles. The van der Waals surface area contributed by atoms with Crippen molar-refractivity contribution in [3.05, 3.63) is 70.5 Å². The molecule has 21 heavy (non-hydrogen) atoms. The molecule has 0 aromatic heterocycles. The van der Waals surface area contributed by atoms with E-state index >= 15 is 0 Å². The summed E-state index contributed by atoms with van der Waals surface area (Å²) in [6, 6.07) is 13.8. The second kappa shape index (κ2) is 7.34. The molecule has 0 bridgehead atoms. The number of carbonyl (C=O) groups is 1. The van der Waals surface area contributed by atoms with Crippen LogP contribution in [0.5, 0.6) is 0 Å². The Hall–Kier alpha value is -1.71. The van der Waals surface area contributed by atoms with Crippen molar-refractivity contribution in [2.24, 2.45) is 5.73 Å². The van der Waals surface area contributed by atoms with Gasteiger partial charge in [-0.25, -0.2) is 4.39 Å². The number of halogens is 2. The lowest BCUT2D eigenvalue weighted by molar-refractivity contribution is -0.118. The summed E-state index contributed by atoms with van der Waals surface area (Å²) in [5.74, 6) is -0.467. The fourth-order valence-electron chi connectivity index (χ4n) is 2.15. The van der Waals surface area contributed by atoms with Crippen molar-refractivity contribution in [2.45, 2.75) is 25.3 Å². The number of benzene rings is 2. The van der Waals surface area contributed by atoms with E-state index in [4.69, 9.17) is 17.3 Å². The maximum atomic E-state index is 13.6. The van der Waals surface area contributed by atoms with Gasteiger partial charge in [-0.15, -0.1) is 0 Å². The molecule has 0 amide bonds. The molecule has 110 valence electrons. The molecule has 0 heterocycles. The molecule has 0 aliphatic heterocycles. The number of Topliss-reactive ketones (excluding diaryl/α,β-unsaturated/α-hetero) is 1. The van der Waals surface area contributed by atoms with Crippen LogP contribution >= 0.6 is 11.6 Å². The monoisotopic (exact) mass is 305 g/mol. The topological polar surface area (TPSA) is 43.1 Å². The van der Waals surface area contributed by atoms with E-state index in [0.717, 1.165) is 5.56 Å². The molecule has 2 nitrogen and oxygen atoms in total. The highest BCUT2D eigenvalue weighted by Gasteiger charge is 2.12. The Balaban J connectivity index is 1.87. The van der Waals surface area contributed by atoms with E-state index in [-0.39, 0.29) is 18.2 Å². The SMILES string of the molecule is NC(CCC(=O)Cc1ccc(Cl)cc1F)c1ccccc1. The van der Waals surface area contributed by atoms with Gasteiger partial charge in [0.05, 0.1) is 0 Å². The number of carbonyl (C=O) groups excluding carboxylic acids is 1. The predicted octanol–water partition coefficient (Wildman–Crippen LogP) is 4.07. The van der Waals surface area contributed by atoms with Gasteiger partial charge in [-0.3, -0.25) is 4.79 Å². The van der Waals surface area contributed by atoms with Gasteiger partial charge < -0.3 is 5.73 Å². The largest absolute Gasteiger partial charge is 0.324 e. The summed E-state index contributed by atoms with van der Waals surface area (Å²) in [4.78, 5) is 11.9. The summed E-state index contributed by atoms with van der Waals surface area (Å²) in [6.07, 6.45) is 0.959. The Kier molecular flexibility index (Phi) is 5.48. The zero-order valence-corrected chi connectivity index (χ0v) is 12.3. The lowest BCUT2D eigenvalue weighted by atomic mass is 9.99. The molecule has 0 spiro atoms. The highest BCUT2D eigenvalue weighted by Crippen LogP contribution is 2.18. The van der Waals surface area contributed by atoms with Gasteiger partial charge in [-0.05, 0) is 29.7 Å². The third-order valence-electron chi connectivity index (χ3n) is 3.36. The second-order valence-corrected chi connectivity index (χ2v) is 5.44. The van der Waals surface area contributed by atoms with Gasteiger partial charge in [0.1, 0.15) is 11.6 Å². The fraction of sp³-hybridized carbons (Fsp3) is 0.235. The van der Waals surface area contributed by atoms with Gasteiger partial charge in [0.15, 0.2) is 0 Å². The maximum Gasteiger partial charge on any atom is 0.137 e. The normalized spacial score (nSPS) is 12.1. The van der Waals surface area contributed by atoms with Gasteiger partial charge in [0, 0.05) is 23.9 Å². The van der Waals surface area contributed by atoms with E-state index < -0.39 is 5.82 Å². The Bertz CT molecular complexity index is 615. The summed E-state index contributed by atoms with van der Waals surface area (Å²) >= 11 is 5.68. The summed E-state index contributed by atoms with van der Waals surface area (Å²) in [5, 5.41) is 0.329. The van der Waals surface area contributed by atoms with Crippen molar-refractivity contribution in [3.63, 3.8) is 0 Å². The molecule has 2 rings (SSSR count). The minimum atomic E-state index is -0.441. The van der Waals surface area contributed by atoms with Crippen LogP contribution in [0.3, 0.4) is 0 Å². The Labute approximate surface area is 128 Å². The van der Waals surface area contributed by atoms with Crippen molar-refractivity contribution >= 4 is 17.4 Å². The molecular weight excluding hydrogens is 289 g/mol. The Morgan fingerprint density at radius 2 is 1.90 bits per heavy atom. The zero-order valence-electron chi connectivity index (χ0n) is 11.6. The van der Waals surface area contributed by atoms with Gasteiger partial charge in [0.2, 0.25) is 0 Å². The third kappa shape index (κ3) is 4.66. The quantitative estimate of drug-likeness (QED) is 0.874. The number of nitrogens with two attached hydrogens (primary N) is 1. The Morgan fingerprint density at radius 1 is 1.19 bits per heavy atom. The van der Waals surface area contributed by atoms with Crippen LogP contribution in [-0.2, 0) is 11.2 Å². The first-order valence-corrected chi connectivity index (χ1v) is 7.20. The van der Waals surface area contributed by atoms with Crippen LogP contribution in [0.25, 0.3) is 0 Å². The van der Waals surface area contributed by atoms with Crippen molar-refractivity contribution in [1.82, 2.24) is 0 Å². The van der Waals surface area contributed by atoms with Crippen molar-refractivity contribution in [3.8, 4) is 0 Å². The van der Waals surface area contributed by atoms with Crippen LogP contribution in [-0.4, -0.2) is 5.78 Å². The highest BCUT2D eigenvalue weighted by atomic mass is 35.5. The summed E-state index contributed by atoms with van der Waals surface area (Å²) in [5.41, 5.74) is 7.42. The fourth-order valence-corrected chi connectivity index (χ4v) is 2.31. The van der Waals surface area contributed by atoms with Crippen LogP contribution in [0.2, 0.25) is 5.02 Å². The molecule has 2 aromatic rings. The molecule has 0 radical (unpaired) electrons. The molecule has 1 unspecified atom stereocenters. The Morgan fingerprint density at radius 3 is 2.57 bits per heavy atom. The number of hydrogen-bond donors (Lipinski definition) is 1. The van der Waals surface area contributed by atoms with Crippen molar-refractivity contribution in [2.75, 3.05) is 0 Å². The van der Waals surface area contributed by atoms with Gasteiger partial charge in [-0.1, -0.05) is 48.0 Å². The van der Waals surface area contributed by atoms with Crippen LogP contribution in [0.4, 0.5) is 4.39 Å². The number of hydrogen-bond acceptors (Lipinski definition) is 2. The summed E-state index contributed by atoms with van der Waals surface area (Å²) < 4.78 is 13.6. The lowest BCUT2D eigenvalue weighted by Crippen LogP contribution is -2.13. The van der Waals surface area contributed by atoms with E-state index in [0.29, 0.717) is 23.4 Å². The predicted molar refractivity (Wildman–Crippen MR) is 82.7 cm³/mol. The number of rotatable bonds is 6. The molecule has 1 atom stereocenters. The molecular formula is C17H17ClFNO. The van der Waals surface area contributed by atoms with Crippen molar-refractivity contribution < 1.29 is 9.18 Å². The highest BCUT2D eigenvalue weighted by molar-refractivity contribution is 6.30. The van der Waals surface area contributed by atoms with E-state index in [2.05, 4.69) is 0 Å². The average molecular weight is 306 g/mol. The summed E-state index contributed by atoms with van der Waals surface area (Å²) in [6.45, 7) is 0. The van der Waals surface area contributed by atoms with E-state index in [1.54, 1.807) is 12.1 Å². The molecule has 2 N–H and O–H groups in total. The van der Waals surface area contributed by atoms with Crippen LogP contribution < -0.4 is 5.73 Å². The first-order chi connectivity index (χ1) is 10.1. The molecule has 4 heteroatoms. The maximum absolute atomic E-state index is 13.6. The minimum absolute atomic E-state index is 0.0254. The second-order valence-electron chi connectivity index (χ2n) is 5.01. The van der Waals surface area contributed by atoms with Crippen LogP contribution in [0.15, 0.2) is 48.5 Å². The van der Waals surface area contributed by atoms with Crippen molar-refractivity contribution in [1.29, 1.82) is 0 Å². The molecule has 2 aromatic carbocycles. The average Bonchev–Trinajstić information content (AvgIpc) is 2.48. The standard InChI is InChI=1S/C17H17ClFNO/c18-14-7-6-13(16(19)11-14)10-15(21)8-9-17(20)12-4-2-1-3-5-12/h1-7,11,17H,8-10,20H2. The van der Waals surface area contributed by atoms with Gasteiger partial charge in [0.25, 0.3) is 0 Å². The first-order valence-electron chi connectivity index (χ1n) is 6.82. The zero-order chi connectivity index (χ0) is 15.2.